The van der Waals surface area contributed by atoms with Crippen LogP contribution in [-0.4, -0.2) is 43.6 Å². The van der Waals surface area contributed by atoms with Gasteiger partial charge in [0.2, 0.25) is 0 Å². The second-order valence-corrected chi connectivity index (χ2v) is 9.91. The Morgan fingerprint density at radius 2 is 1.50 bits per heavy atom. The molecule has 4 rings (SSSR count). The van der Waals surface area contributed by atoms with Gasteiger partial charge >= 0.3 is 0 Å². The van der Waals surface area contributed by atoms with Crippen LogP contribution in [0.4, 0.5) is 11.4 Å². The zero-order valence-electron chi connectivity index (χ0n) is 20.5. The van der Waals surface area contributed by atoms with Gasteiger partial charge < -0.3 is 15.0 Å². The van der Waals surface area contributed by atoms with Gasteiger partial charge in [0.25, 0.3) is 5.91 Å². The number of ether oxygens (including phenoxy) is 1. The normalized spacial score (nSPS) is 14.6. The fourth-order valence-electron chi connectivity index (χ4n) is 4.16. The lowest BCUT2D eigenvalue weighted by molar-refractivity contribution is -0.118. The van der Waals surface area contributed by atoms with Crippen LogP contribution in [0.5, 0.6) is 5.75 Å². The number of benzene rings is 3. The Kier molecular flexibility index (Phi) is 7.53. The van der Waals surface area contributed by atoms with Gasteiger partial charge in [-0.15, -0.1) is 0 Å². The number of nitrogens with zero attached hydrogens (tertiary/aromatic N) is 2. The predicted molar refractivity (Wildman–Crippen MR) is 140 cm³/mol. The highest BCUT2D eigenvalue weighted by molar-refractivity contribution is 5.92. The number of anilines is 2. The van der Waals surface area contributed by atoms with E-state index in [-0.39, 0.29) is 17.9 Å². The van der Waals surface area contributed by atoms with Crippen LogP contribution in [0, 0.1) is 0 Å². The number of piperazine rings is 1. The topological polar surface area (TPSA) is 44.8 Å². The molecule has 0 spiro atoms. The van der Waals surface area contributed by atoms with E-state index in [2.05, 4.69) is 78.4 Å². The van der Waals surface area contributed by atoms with E-state index in [0.717, 1.165) is 38.4 Å². The Balaban J connectivity index is 1.22. The maximum atomic E-state index is 12.3. The van der Waals surface area contributed by atoms with Crippen LogP contribution in [0.2, 0.25) is 0 Å². The second-order valence-electron chi connectivity index (χ2n) is 9.91. The molecule has 3 aromatic carbocycles. The summed E-state index contributed by atoms with van der Waals surface area (Å²) in [5.74, 6) is 0.534. The Bertz CT molecular complexity index is 1050. The molecule has 0 radical (unpaired) electrons. The lowest BCUT2D eigenvalue weighted by atomic mass is 9.87. The first-order valence-electron chi connectivity index (χ1n) is 12.0. The van der Waals surface area contributed by atoms with Crippen LogP contribution in [-0.2, 0) is 16.8 Å². The third-order valence-corrected chi connectivity index (χ3v) is 6.23. The molecule has 0 atom stereocenters. The average molecular weight is 458 g/mol. The van der Waals surface area contributed by atoms with E-state index in [1.807, 2.05) is 36.4 Å². The number of nitrogens with one attached hydrogen (secondary N) is 1. The van der Waals surface area contributed by atoms with E-state index in [9.17, 15) is 4.79 Å². The zero-order chi connectivity index (χ0) is 24.0. The monoisotopic (exact) mass is 457 g/mol. The number of amides is 1. The third kappa shape index (κ3) is 6.61. The molecule has 1 amide bonds. The zero-order valence-corrected chi connectivity index (χ0v) is 20.5. The smallest absolute Gasteiger partial charge is 0.262 e. The van der Waals surface area contributed by atoms with Crippen molar-refractivity contribution in [1.29, 1.82) is 0 Å². The molecule has 0 saturated carbocycles. The molecule has 5 nitrogen and oxygen atoms in total. The Labute approximate surface area is 203 Å². The largest absolute Gasteiger partial charge is 0.484 e. The van der Waals surface area contributed by atoms with E-state index in [1.54, 1.807) is 0 Å². The molecule has 0 unspecified atom stereocenters. The molecule has 3 aromatic rings. The standard InChI is InChI=1S/C29H35N3O2/c1-29(2,3)24-9-15-27(16-10-24)34-22-28(33)30-25-11-13-26(14-12-25)32-19-17-31(18-20-32)21-23-7-5-4-6-8-23/h4-16H,17-22H2,1-3H3,(H,30,33). The van der Waals surface area contributed by atoms with Crippen molar-refractivity contribution in [3.8, 4) is 5.75 Å². The van der Waals surface area contributed by atoms with Crippen LogP contribution < -0.4 is 15.0 Å². The van der Waals surface area contributed by atoms with Crippen molar-refractivity contribution >= 4 is 17.3 Å². The fraction of sp³-hybridized carbons (Fsp3) is 0.345. The molecule has 0 aromatic heterocycles. The van der Waals surface area contributed by atoms with E-state index in [1.165, 1.54) is 16.8 Å². The molecule has 1 aliphatic rings. The molecule has 0 bridgehead atoms. The molecular formula is C29H35N3O2. The number of rotatable bonds is 7. The lowest BCUT2D eigenvalue weighted by Gasteiger charge is -2.36. The van der Waals surface area contributed by atoms with Crippen LogP contribution in [0.3, 0.4) is 0 Å². The van der Waals surface area contributed by atoms with Crippen molar-refractivity contribution in [3.63, 3.8) is 0 Å². The molecule has 1 heterocycles. The van der Waals surface area contributed by atoms with E-state index < -0.39 is 0 Å². The molecular weight excluding hydrogens is 422 g/mol. The average Bonchev–Trinajstić information content (AvgIpc) is 2.84. The summed E-state index contributed by atoms with van der Waals surface area (Å²) in [5.41, 5.74) is 4.66. The minimum atomic E-state index is -0.165. The van der Waals surface area contributed by atoms with E-state index in [4.69, 9.17) is 4.74 Å². The van der Waals surface area contributed by atoms with E-state index in [0.29, 0.717) is 5.75 Å². The Hall–Kier alpha value is -3.31. The highest BCUT2D eigenvalue weighted by atomic mass is 16.5. The summed E-state index contributed by atoms with van der Waals surface area (Å²) in [6, 6.07) is 26.6. The van der Waals surface area contributed by atoms with Crippen molar-refractivity contribution in [2.75, 3.05) is 43.0 Å². The van der Waals surface area contributed by atoms with Gasteiger partial charge in [-0.25, -0.2) is 0 Å². The van der Waals surface area contributed by atoms with Crippen LogP contribution in [0.15, 0.2) is 78.9 Å². The molecule has 1 saturated heterocycles. The first-order chi connectivity index (χ1) is 16.4. The summed E-state index contributed by atoms with van der Waals surface area (Å²) >= 11 is 0. The van der Waals surface area contributed by atoms with Gasteiger partial charge in [-0.3, -0.25) is 9.69 Å². The van der Waals surface area contributed by atoms with Crippen LogP contribution in [0.1, 0.15) is 31.9 Å². The summed E-state index contributed by atoms with van der Waals surface area (Å²) in [5, 5.41) is 2.92. The molecule has 1 fully saturated rings. The van der Waals surface area contributed by atoms with Gasteiger partial charge in [-0.05, 0) is 52.9 Å². The number of carbonyl (C=O) groups is 1. The van der Waals surface area contributed by atoms with Gasteiger partial charge in [-0.1, -0.05) is 63.2 Å². The van der Waals surface area contributed by atoms with Crippen molar-refractivity contribution in [2.45, 2.75) is 32.7 Å². The van der Waals surface area contributed by atoms with E-state index >= 15 is 0 Å². The van der Waals surface area contributed by atoms with Gasteiger partial charge in [0.15, 0.2) is 6.61 Å². The number of hydrogen-bond acceptors (Lipinski definition) is 4. The maximum absolute atomic E-state index is 12.3. The first kappa shape index (κ1) is 23.8. The molecule has 1 N–H and O–H groups in total. The third-order valence-electron chi connectivity index (χ3n) is 6.23. The van der Waals surface area contributed by atoms with Crippen molar-refractivity contribution in [1.82, 2.24) is 4.90 Å². The van der Waals surface area contributed by atoms with Crippen molar-refractivity contribution in [2.24, 2.45) is 0 Å². The minimum Gasteiger partial charge on any atom is -0.484 e. The van der Waals surface area contributed by atoms with Crippen LogP contribution >= 0.6 is 0 Å². The lowest BCUT2D eigenvalue weighted by Crippen LogP contribution is -2.45. The SMILES string of the molecule is CC(C)(C)c1ccc(OCC(=O)Nc2ccc(N3CCN(Cc4ccccc4)CC3)cc2)cc1. The molecule has 1 aliphatic heterocycles. The molecule has 0 aliphatic carbocycles. The van der Waals surface area contributed by atoms with Gasteiger partial charge in [0, 0.05) is 44.1 Å². The van der Waals surface area contributed by atoms with Gasteiger partial charge in [-0.2, -0.15) is 0 Å². The molecule has 178 valence electrons. The second kappa shape index (κ2) is 10.7. The van der Waals surface area contributed by atoms with Crippen molar-refractivity contribution in [3.05, 3.63) is 90.0 Å². The van der Waals surface area contributed by atoms with Crippen molar-refractivity contribution < 1.29 is 9.53 Å². The van der Waals surface area contributed by atoms with Gasteiger partial charge in [0.05, 0.1) is 0 Å². The quantitative estimate of drug-likeness (QED) is 0.521. The minimum absolute atomic E-state index is 0.0139. The predicted octanol–water partition coefficient (Wildman–Crippen LogP) is 5.32. The van der Waals surface area contributed by atoms with Crippen LogP contribution in [0.25, 0.3) is 0 Å². The highest BCUT2D eigenvalue weighted by Gasteiger charge is 2.17. The molecule has 5 heteroatoms. The summed E-state index contributed by atoms with van der Waals surface area (Å²) < 4.78 is 5.65. The summed E-state index contributed by atoms with van der Waals surface area (Å²) in [7, 11) is 0. The number of carbonyl (C=O) groups excluding carboxylic acids is 1. The summed E-state index contributed by atoms with van der Waals surface area (Å²) in [4.78, 5) is 17.2. The highest BCUT2D eigenvalue weighted by Crippen LogP contribution is 2.24. The fourth-order valence-corrected chi connectivity index (χ4v) is 4.16. The Morgan fingerprint density at radius 3 is 2.12 bits per heavy atom. The molecule has 34 heavy (non-hydrogen) atoms. The summed E-state index contributed by atoms with van der Waals surface area (Å²) in [6.45, 7) is 11.6. The Morgan fingerprint density at radius 1 is 0.853 bits per heavy atom. The first-order valence-corrected chi connectivity index (χ1v) is 12.0. The maximum Gasteiger partial charge on any atom is 0.262 e. The van der Waals surface area contributed by atoms with Gasteiger partial charge in [0.1, 0.15) is 5.75 Å². The summed E-state index contributed by atoms with van der Waals surface area (Å²) in [6.07, 6.45) is 0. The number of hydrogen-bond donors (Lipinski definition) is 1.